The molecule has 0 amide bonds. The van der Waals surface area contributed by atoms with E-state index in [1.165, 1.54) is 5.56 Å². The third kappa shape index (κ3) is 2.96. The zero-order chi connectivity index (χ0) is 12.3. The third-order valence-electron chi connectivity index (χ3n) is 2.42. The maximum Gasteiger partial charge on any atom is 0.335 e. The lowest BCUT2D eigenvalue weighted by atomic mass is 9.86. The topological polar surface area (TPSA) is 26.3 Å². The molecular weight excluding hydrogens is 200 g/mol. The van der Waals surface area contributed by atoms with Crippen molar-refractivity contribution >= 4 is 5.97 Å². The first-order valence-corrected chi connectivity index (χ1v) is 5.30. The Hall–Kier alpha value is -1.57. The summed E-state index contributed by atoms with van der Waals surface area (Å²) < 4.78 is 5.10. The van der Waals surface area contributed by atoms with E-state index in [0.29, 0.717) is 5.75 Å². The number of esters is 1. The van der Waals surface area contributed by atoms with E-state index in [2.05, 4.69) is 27.4 Å². The van der Waals surface area contributed by atoms with Gasteiger partial charge in [-0.25, -0.2) is 4.79 Å². The van der Waals surface area contributed by atoms with Gasteiger partial charge in [-0.2, -0.15) is 0 Å². The SMILES string of the molecule is C=CC(=O)Oc1ccc(C(C)(C)C)cc1C. The molecule has 86 valence electrons. The van der Waals surface area contributed by atoms with Crippen LogP contribution in [0.5, 0.6) is 5.75 Å². The van der Waals surface area contributed by atoms with Crippen molar-refractivity contribution in [3.05, 3.63) is 42.0 Å². The van der Waals surface area contributed by atoms with E-state index in [4.69, 9.17) is 4.74 Å². The number of benzene rings is 1. The standard InChI is InChI=1S/C14H18O2/c1-6-13(15)16-12-8-7-11(9-10(12)2)14(3,4)5/h6-9H,1H2,2-5H3. The van der Waals surface area contributed by atoms with Crippen LogP contribution < -0.4 is 4.74 Å². The Morgan fingerprint density at radius 2 is 2.00 bits per heavy atom. The van der Waals surface area contributed by atoms with Crippen molar-refractivity contribution in [2.45, 2.75) is 33.1 Å². The van der Waals surface area contributed by atoms with Crippen LogP contribution in [0.15, 0.2) is 30.9 Å². The van der Waals surface area contributed by atoms with Gasteiger partial charge in [0.1, 0.15) is 5.75 Å². The van der Waals surface area contributed by atoms with Gasteiger partial charge in [0.2, 0.25) is 0 Å². The molecule has 0 aliphatic rings. The second-order valence-electron chi connectivity index (χ2n) is 4.86. The number of carbonyl (C=O) groups is 1. The summed E-state index contributed by atoms with van der Waals surface area (Å²) in [5, 5.41) is 0. The van der Waals surface area contributed by atoms with E-state index in [9.17, 15) is 4.79 Å². The average Bonchev–Trinajstić information content (AvgIpc) is 2.19. The summed E-state index contributed by atoms with van der Waals surface area (Å²) in [6, 6.07) is 5.86. The fourth-order valence-electron chi connectivity index (χ4n) is 1.38. The molecular formula is C14H18O2. The van der Waals surface area contributed by atoms with E-state index < -0.39 is 5.97 Å². The van der Waals surface area contributed by atoms with Crippen LogP contribution in [-0.2, 0) is 10.2 Å². The number of hydrogen-bond acceptors (Lipinski definition) is 2. The molecule has 0 atom stereocenters. The number of hydrogen-bond donors (Lipinski definition) is 0. The smallest absolute Gasteiger partial charge is 0.335 e. The normalized spacial score (nSPS) is 11.0. The zero-order valence-electron chi connectivity index (χ0n) is 10.3. The molecule has 16 heavy (non-hydrogen) atoms. The predicted molar refractivity (Wildman–Crippen MR) is 65.7 cm³/mol. The summed E-state index contributed by atoms with van der Waals surface area (Å²) >= 11 is 0. The van der Waals surface area contributed by atoms with Crippen molar-refractivity contribution in [2.24, 2.45) is 0 Å². The molecule has 0 radical (unpaired) electrons. The molecule has 0 aromatic heterocycles. The van der Waals surface area contributed by atoms with Crippen LogP contribution in [0.3, 0.4) is 0 Å². The molecule has 0 aliphatic heterocycles. The minimum atomic E-state index is -0.424. The molecule has 1 aromatic rings. The maximum atomic E-state index is 11.1. The molecule has 2 nitrogen and oxygen atoms in total. The van der Waals surface area contributed by atoms with Gasteiger partial charge in [-0.1, -0.05) is 39.5 Å². The molecule has 1 aromatic carbocycles. The van der Waals surface area contributed by atoms with Gasteiger partial charge in [-0.05, 0) is 29.5 Å². The van der Waals surface area contributed by atoms with Gasteiger partial charge >= 0.3 is 5.97 Å². The first kappa shape index (κ1) is 12.5. The number of aryl methyl sites for hydroxylation is 1. The Morgan fingerprint density at radius 3 is 2.44 bits per heavy atom. The average molecular weight is 218 g/mol. The summed E-state index contributed by atoms with van der Waals surface area (Å²) in [7, 11) is 0. The van der Waals surface area contributed by atoms with E-state index in [1.54, 1.807) is 0 Å². The third-order valence-corrected chi connectivity index (χ3v) is 2.42. The highest BCUT2D eigenvalue weighted by Crippen LogP contribution is 2.27. The van der Waals surface area contributed by atoms with Crippen LogP contribution in [-0.4, -0.2) is 5.97 Å². The van der Waals surface area contributed by atoms with Gasteiger partial charge in [0.25, 0.3) is 0 Å². The molecule has 0 N–H and O–H groups in total. The van der Waals surface area contributed by atoms with Crippen LogP contribution >= 0.6 is 0 Å². The van der Waals surface area contributed by atoms with Gasteiger partial charge in [0.05, 0.1) is 0 Å². The van der Waals surface area contributed by atoms with E-state index in [-0.39, 0.29) is 5.41 Å². The second kappa shape index (κ2) is 4.52. The van der Waals surface area contributed by atoms with Crippen LogP contribution in [0.4, 0.5) is 0 Å². The number of carbonyl (C=O) groups excluding carboxylic acids is 1. The van der Waals surface area contributed by atoms with E-state index in [1.807, 2.05) is 25.1 Å². The highest BCUT2D eigenvalue weighted by atomic mass is 16.5. The highest BCUT2D eigenvalue weighted by Gasteiger charge is 2.15. The quantitative estimate of drug-likeness (QED) is 0.432. The largest absolute Gasteiger partial charge is 0.423 e. The fraction of sp³-hybridized carbons (Fsp3) is 0.357. The monoisotopic (exact) mass is 218 g/mol. The summed E-state index contributed by atoms with van der Waals surface area (Å²) in [6.07, 6.45) is 1.16. The molecule has 0 fully saturated rings. The van der Waals surface area contributed by atoms with Gasteiger partial charge in [-0.3, -0.25) is 0 Å². The molecule has 0 unspecified atom stereocenters. The van der Waals surface area contributed by atoms with E-state index in [0.717, 1.165) is 11.6 Å². The Labute approximate surface area is 96.9 Å². The van der Waals surface area contributed by atoms with Crippen molar-refractivity contribution in [1.29, 1.82) is 0 Å². The van der Waals surface area contributed by atoms with Crippen molar-refractivity contribution in [3.8, 4) is 5.75 Å². The Balaban J connectivity index is 3.01. The lowest BCUT2D eigenvalue weighted by molar-refractivity contribution is -0.129. The summed E-state index contributed by atoms with van der Waals surface area (Å²) in [6.45, 7) is 11.8. The number of ether oxygens (including phenoxy) is 1. The lowest BCUT2D eigenvalue weighted by Crippen LogP contribution is -2.12. The predicted octanol–water partition coefficient (Wildman–Crippen LogP) is 3.38. The van der Waals surface area contributed by atoms with E-state index >= 15 is 0 Å². The maximum absolute atomic E-state index is 11.1. The van der Waals surface area contributed by atoms with Gasteiger partial charge in [-0.15, -0.1) is 0 Å². The van der Waals surface area contributed by atoms with Crippen molar-refractivity contribution in [1.82, 2.24) is 0 Å². The van der Waals surface area contributed by atoms with Gasteiger partial charge in [0.15, 0.2) is 0 Å². The Morgan fingerprint density at radius 1 is 1.38 bits per heavy atom. The van der Waals surface area contributed by atoms with Gasteiger partial charge < -0.3 is 4.74 Å². The fourth-order valence-corrected chi connectivity index (χ4v) is 1.38. The van der Waals surface area contributed by atoms with Crippen molar-refractivity contribution in [2.75, 3.05) is 0 Å². The van der Waals surface area contributed by atoms with Gasteiger partial charge in [0, 0.05) is 6.08 Å². The van der Waals surface area contributed by atoms with Crippen LogP contribution in [0.2, 0.25) is 0 Å². The molecule has 0 heterocycles. The van der Waals surface area contributed by atoms with Crippen molar-refractivity contribution in [3.63, 3.8) is 0 Å². The Bertz CT molecular complexity index is 411. The highest BCUT2D eigenvalue weighted by molar-refractivity contribution is 5.83. The summed E-state index contributed by atoms with van der Waals surface area (Å²) in [5.41, 5.74) is 2.29. The second-order valence-corrected chi connectivity index (χ2v) is 4.86. The summed E-state index contributed by atoms with van der Waals surface area (Å²) in [4.78, 5) is 11.1. The van der Waals surface area contributed by atoms with Crippen LogP contribution in [0.1, 0.15) is 31.9 Å². The zero-order valence-corrected chi connectivity index (χ0v) is 10.3. The van der Waals surface area contributed by atoms with Crippen LogP contribution in [0, 0.1) is 6.92 Å². The number of rotatable bonds is 2. The lowest BCUT2D eigenvalue weighted by Gasteiger charge is -2.20. The molecule has 0 bridgehead atoms. The first-order chi connectivity index (χ1) is 7.34. The minimum Gasteiger partial charge on any atom is -0.423 e. The molecule has 1 rings (SSSR count). The summed E-state index contributed by atoms with van der Waals surface area (Å²) in [5.74, 6) is 0.171. The molecule has 0 saturated carbocycles. The minimum absolute atomic E-state index is 0.103. The van der Waals surface area contributed by atoms with Crippen LogP contribution in [0.25, 0.3) is 0 Å². The molecule has 0 spiro atoms. The molecule has 0 aliphatic carbocycles. The van der Waals surface area contributed by atoms with Crippen molar-refractivity contribution < 1.29 is 9.53 Å². The first-order valence-electron chi connectivity index (χ1n) is 5.30. The molecule has 0 saturated heterocycles. The Kier molecular flexibility index (Phi) is 3.53. The molecule has 2 heteroatoms.